The number of esters is 2. The summed E-state index contributed by atoms with van der Waals surface area (Å²) in [5.41, 5.74) is 1.27. The van der Waals surface area contributed by atoms with Crippen LogP contribution in [0.5, 0.6) is 0 Å². The van der Waals surface area contributed by atoms with Gasteiger partial charge in [-0.05, 0) is 24.6 Å². The van der Waals surface area contributed by atoms with E-state index in [1.807, 2.05) is 0 Å². The second-order valence-corrected chi connectivity index (χ2v) is 5.95. The van der Waals surface area contributed by atoms with E-state index < -0.39 is 30.3 Å². The standard InChI is InChI=1S/C19H17NO7/c1-11-15(19(24)25-2)8-13(27-11)10-26-17(22)9-20-16(21)7-12-5-3-4-6-14(12)18(20)23/h3-6,8H,7,9-10H2,1-2H3. The molecule has 0 radical (unpaired) electrons. The van der Waals surface area contributed by atoms with Gasteiger partial charge in [-0.15, -0.1) is 0 Å². The monoisotopic (exact) mass is 371 g/mol. The molecule has 0 saturated carbocycles. The number of amides is 2. The average Bonchev–Trinajstić information content (AvgIpc) is 3.03. The lowest BCUT2D eigenvalue weighted by Gasteiger charge is -2.25. The molecule has 2 amide bonds. The number of aryl methyl sites for hydroxylation is 1. The van der Waals surface area contributed by atoms with E-state index in [2.05, 4.69) is 4.74 Å². The minimum atomic E-state index is -0.759. The minimum Gasteiger partial charge on any atom is -0.465 e. The minimum absolute atomic E-state index is 0.0507. The van der Waals surface area contributed by atoms with Gasteiger partial charge in [0.05, 0.1) is 13.5 Å². The fraction of sp³-hybridized carbons (Fsp3) is 0.263. The van der Waals surface area contributed by atoms with Gasteiger partial charge in [-0.3, -0.25) is 19.3 Å². The van der Waals surface area contributed by atoms with Crippen LogP contribution in [-0.2, 0) is 32.1 Å². The Balaban J connectivity index is 1.62. The number of benzene rings is 1. The number of methoxy groups -OCH3 is 1. The van der Waals surface area contributed by atoms with Crippen LogP contribution in [0.4, 0.5) is 0 Å². The number of fused-ring (bicyclic) bond motifs is 1. The van der Waals surface area contributed by atoms with E-state index in [4.69, 9.17) is 9.15 Å². The Morgan fingerprint density at radius 1 is 1.22 bits per heavy atom. The van der Waals surface area contributed by atoms with Gasteiger partial charge in [0, 0.05) is 5.56 Å². The molecule has 0 bridgehead atoms. The normalized spacial score (nSPS) is 13.3. The molecule has 0 N–H and O–H groups in total. The Morgan fingerprint density at radius 2 is 1.96 bits per heavy atom. The van der Waals surface area contributed by atoms with Crippen molar-refractivity contribution in [2.45, 2.75) is 20.0 Å². The highest BCUT2D eigenvalue weighted by atomic mass is 16.5. The van der Waals surface area contributed by atoms with Crippen LogP contribution in [0.1, 0.15) is 37.8 Å². The SMILES string of the molecule is COC(=O)c1cc(COC(=O)CN2C(=O)Cc3ccccc3C2=O)oc1C. The number of furan rings is 1. The third-order valence-corrected chi connectivity index (χ3v) is 4.17. The molecule has 0 saturated heterocycles. The van der Waals surface area contributed by atoms with Gasteiger partial charge in [0.2, 0.25) is 5.91 Å². The first-order chi connectivity index (χ1) is 12.9. The van der Waals surface area contributed by atoms with E-state index in [-0.39, 0.29) is 24.4 Å². The number of imide groups is 1. The van der Waals surface area contributed by atoms with Crippen LogP contribution in [0.15, 0.2) is 34.7 Å². The van der Waals surface area contributed by atoms with E-state index in [9.17, 15) is 19.2 Å². The van der Waals surface area contributed by atoms with Gasteiger partial charge in [-0.2, -0.15) is 0 Å². The van der Waals surface area contributed by atoms with Crippen molar-refractivity contribution >= 4 is 23.8 Å². The maximum absolute atomic E-state index is 12.4. The molecule has 0 spiro atoms. The number of hydrogen-bond acceptors (Lipinski definition) is 7. The molecule has 1 aliphatic rings. The van der Waals surface area contributed by atoms with Gasteiger partial charge in [-0.1, -0.05) is 18.2 Å². The second kappa shape index (κ2) is 7.45. The molecule has 8 nitrogen and oxygen atoms in total. The van der Waals surface area contributed by atoms with Crippen LogP contribution in [0.25, 0.3) is 0 Å². The summed E-state index contributed by atoms with van der Waals surface area (Å²) in [6.07, 6.45) is 0.0507. The molecule has 1 aliphatic heterocycles. The quantitative estimate of drug-likeness (QED) is 0.581. The number of nitrogens with zero attached hydrogens (tertiary/aromatic N) is 1. The lowest BCUT2D eigenvalue weighted by molar-refractivity contribution is -0.149. The summed E-state index contributed by atoms with van der Waals surface area (Å²) in [7, 11) is 1.25. The van der Waals surface area contributed by atoms with Gasteiger partial charge in [0.1, 0.15) is 30.2 Å². The van der Waals surface area contributed by atoms with Crippen molar-refractivity contribution in [1.82, 2.24) is 4.90 Å². The fourth-order valence-electron chi connectivity index (χ4n) is 2.81. The first-order valence-corrected chi connectivity index (χ1v) is 8.16. The maximum Gasteiger partial charge on any atom is 0.341 e. The van der Waals surface area contributed by atoms with Crippen LogP contribution in [0, 0.1) is 6.92 Å². The summed E-state index contributed by atoms with van der Waals surface area (Å²) in [5.74, 6) is -1.71. The van der Waals surface area contributed by atoms with Crippen molar-refractivity contribution in [2.24, 2.45) is 0 Å². The van der Waals surface area contributed by atoms with Crippen molar-refractivity contribution in [3.63, 3.8) is 0 Å². The molecule has 140 valence electrons. The second-order valence-electron chi connectivity index (χ2n) is 5.95. The summed E-state index contributed by atoms with van der Waals surface area (Å²) in [4.78, 5) is 49.1. The Labute approximate surface area is 154 Å². The summed E-state index contributed by atoms with van der Waals surface area (Å²) in [5, 5.41) is 0. The van der Waals surface area contributed by atoms with E-state index in [1.165, 1.54) is 13.2 Å². The molecular weight excluding hydrogens is 354 g/mol. The van der Waals surface area contributed by atoms with Crippen LogP contribution in [0.2, 0.25) is 0 Å². The first-order valence-electron chi connectivity index (χ1n) is 8.16. The molecule has 0 unspecified atom stereocenters. The zero-order chi connectivity index (χ0) is 19.6. The first kappa shape index (κ1) is 18.4. The van der Waals surface area contributed by atoms with Crippen LogP contribution < -0.4 is 0 Å². The number of carbonyl (C=O) groups is 4. The molecule has 2 aromatic rings. The third-order valence-electron chi connectivity index (χ3n) is 4.17. The maximum atomic E-state index is 12.4. The molecular formula is C19H17NO7. The Morgan fingerprint density at radius 3 is 2.70 bits per heavy atom. The molecule has 1 aromatic heterocycles. The number of rotatable bonds is 5. The van der Waals surface area contributed by atoms with Crippen molar-refractivity contribution < 1.29 is 33.1 Å². The van der Waals surface area contributed by atoms with Gasteiger partial charge in [-0.25, -0.2) is 4.79 Å². The number of ether oxygens (including phenoxy) is 2. The van der Waals surface area contributed by atoms with E-state index in [1.54, 1.807) is 31.2 Å². The van der Waals surface area contributed by atoms with Gasteiger partial charge >= 0.3 is 11.9 Å². The van der Waals surface area contributed by atoms with Crippen LogP contribution in [0.3, 0.4) is 0 Å². The summed E-state index contributed by atoms with van der Waals surface area (Å²) in [6.45, 7) is 0.860. The molecule has 0 aliphatic carbocycles. The zero-order valence-corrected chi connectivity index (χ0v) is 14.8. The Hall–Kier alpha value is -3.42. The van der Waals surface area contributed by atoms with Crippen molar-refractivity contribution in [1.29, 1.82) is 0 Å². The van der Waals surface area contributed by atoms with Gasteiger partial charge in [0.25, 0.3) is 5.91 Å². The lowest BCUT2D eigenvalue weighted by atomic mass is 9.98. The molecule has 27 heavy (non-hydrogen) atoms. The smallest absolute Gasteiger partial charge is 0.341 e. The molecule has 3 rings (SSSR count). The van der Waals surface area contributed by atoms with Gasteiger partial charge < -0.3 is 13.9 Å². The largest absolute Gasteiger partial charge is 0.465 e. The van der Waals surface area contributed by atoms with E-state index >= 15 is 0 Å². The summed E-state index contributed by atoms with van der Waals surface area (Å²) >= 11 is 0. The van der Waals surface area contributed by atoms with Crippen molar-refractivity contribution in [3.8, 4) is 0 Å². The summed E-state index contributed by atoms with van der Waals surface area (Å²) in [6, 6.07) is 8.18. The lowest BCUT2D eigenvalue weighted by Crippen LogP contribution is -2.45. The zero-order valence-electron chi connectivity index (χ0n) is 14.8. The number of hydrogen-bond donors (Lipinski definition) is 0. The molecule has 0 fully saturated rings. The predicted molar refractivity (Wildman–Crippen MR) is 90.8 cm³/mol. The fourth-order valence-corrected chi connectivity index (χ4v) is 2.81. The molecule has 0 atom stereocenters. The van der Waals surface area contributed by atoms with Gasteiger partial charge in [0.15, 0.2) is 0 Å². The molecule has 2 heterocycles. The van der Waals surface area contributed by atoms with Crippen molar-refractivity contribution in [2.75, 3.05) is 13.7 Å². The van der Waals surface area contributed by atoms with Crippen LogP contribution >= 0.6 is 0 Å². The predicted octanol–water partition coefficient (Wildman–Crippen LogP) is 1.64. The highest BCUT2D eigenvalue weighted by Crippen LogP contribution is 2.20. The molecule has 1 aromatic carbocycles. The van der Waals surface area contributed by atoms with Crippen LogP contribution in [-0.4, -0.2) is 42.3 Å². The van der Waals surface area contributed by atoms with E-state index in [0.717, 1.165) is 4.90 Å². The Kier molecular flexibility index (Phi) is 5.07. The number of carbonyl (C=O) groups excluding carboxylic acids is 4. The third kappa shape index (κ3) is 3.74. The molecule has 8 heteroatoms. The highest BCUT2D eigenvalue weighted by Gasteiger charge is 2.32. The topological polar surface area (TPSA) is 103 Å². The van der Waals surface area contributed by atoms with E-state index in [0.29, 0.717) is 16.9 Å². The summed E-state index contributed by atoms with van der Waals surface area (Å²) < 4.78 is 15.0. The van der Waals surface area contributed by atoms with Crippen molar-refractivity contribution in [3.05, 3.63) is 58.5 Å². The average molecular weight is 371 g/mol. The Bertz CT molecular complexity index is 928. The highest BCUT2D eigenvalue weighted by molar-refractivity contribution is 6.11.